The Hall–Kier alpha value is -2.06. The van der Waals surface area contributed by atoms with Gasteiger partial charge in [-0.3, -0.25) is 0 Å². The quantitative estimate of drug-likeness (QED) is 0.474. The normalized spacial score (nSPS) is 13.8. The van der Waals surface area contributed by atoms with Gasteiger partial charge in [0.25, 0.3) is 0 Å². The highest BCUT2D eigenvalue weighted by molar-refractivity contribution is 6.20. The molecule has 1 aromatic heterocycles. The predicted octanol–water partition coefficient (Wildman–Crippen LogP) is 5.21. The third-order valence-corrected chi connectivity index (χ3v) is 4.13. The van der Waals surface area contributed by atoms with Crippen molar-refractivity contribution in [3.8, 4) is 22.5 Å². The van der Waals surface area contributed by atoms with E-state index in [2.05, 4.69) is 47.4 Å². The number of hydrogen-bond acceptors (Lipinski definition) is 2. The fourth-order valence-corrected chi connectivity index (χ4v) is 3.00. The monoisotopic (exact) mass is 295 g/mol. The van der Waals surface area contributed by atoms with E-state index in [9.17, 15) is 0 Å². The second-order valence-electron chi connectivity index (χ2n) is 5.38. The van der Waals surface area contributed by atoms with E-state index in [1.54, 1.807) is 6.20 Å². The molecule has 1 atom stereocenters. The van der Waals surface area contributed by atoms with E-state index >= 15 is 0 Å². The first-order valence-corrected chi connectivity index (χ1v) is 7.47. The number of hydrogen-bond donors (Lipinski definition) is 0. The van der Waals surface area contributed by atoms with Gasteiger partial charge in [-0.05, 0) is 41.7 Å². The van der Waals surface area contributed by atoms with Crippen LogP contribution in [0.3, 0.4) is 0 Å². The highest BCUT2D eigenvalue weighted by Crippen LogP contribution is 2.38. The van der Waals surface area contributed by atoms with Crippen LogP contribution in [0.1, 0.15) is 29.3 Å². The molecule has 0 bridgehead atoms. The van der Waals surface area contributed by atoms with Crippen molar-refractivity contribution in [2.75, 3.05) is 0 Å². The summed E-state index contributed by atoms with van der Waals surface area (Å²) in [5.41, 5.74) is 6.44. The van der Waals surface area contributed by atoms with Gasteiger partial charge in [0.2, 0.25) is 5.89 Å². The van der Waals surface area contributed by atoms with Crippen molar-refractivity contribution in [1.82, 2.24) is 4.98 Å². The molecule has 0 saturated heterocycles. The molecule has 0 amide bonds. The van der Waals surface area contributed by atoms with Gasteiger partial charge in [0.05, 0.1) is 6.20 Å². The minimum atomic E-state index is -0.211. The fourth-order valence-electron chi connectivity index (χ4n) is 2.90. The summed E-state index contributed by atoms with van der Waals surface area (Å²) in [7, 11) is 0. The maximum Gasteiger partial charge on any atom is 0.212 e. The van der Waals surface area contributed by atoms with Crippen molar-refractivity contribution in [2.24, 2.45) is 0 Å². The molecule has 0 aliphatic heterocycles. The molecule has 4 rings (SSSR count). The van der Waals surface area contributed by atoms with Crippen LogP contribution in [0, 0.1) is 0 Å². The first kappa shape index (κ1) is 12.7. The maximum absolute atomic E-state index is 6.00. The number of nitrogens with zero attached hydrogens (tertiary/aromatic N) is 1. The summed E-state index contributed by atoms with van der Waals surface area (Å²) in [6, 6.07) is 15.0. The molecule has 21 heavy (non-hydrogen) atoms. The zero-order valence-electron chi connectivity index (χ0n) is 11.6. The van der Waals surface area contributed by atoms with Crippen molar-refractivity contribution in [3.63, 3.8) is 0 Å². The number of halogens is 1. The second kappa shape index (κ2) is 4.74. The molecular formula is C18H14ClNO. The molecular weight excluding hydrogens is 282 g/mol. The lowest BCUT2D eigenvalue weighted by Gasteiger charge is -2.03. The Morgan fingerprint density at radius 2 is 1.90 bits per heavy atom. The summed E-state index contributed by atoms with van der Waals surface area (Å²) in [6.07, 6.45) is 2.73. The number of oxazole rings is 1. The summed E-state index contributed by atoms with van der Waals surface area (Å²) in [6.45, 7) is 1.86. The van der Waals surface area contributed by atoms with Gasteiger partial charge >= 0.3 is 0 Å². The molecule has 2 aromatic carbocycles. The fraction of sp³-hybridized carbons (Fsp3) is 0.167. The van der Waals surface area contributed by atoms with Gasteiger partial charge in [-0.25, -0.2) is 4.98 Å². The van der Waals surface area contributed by atoms with Crippen molar-refractivity contribution in [2.45, 2.75) is 18.7 Å². The average Bonchev–Trinajstić information content (AvgIpc) is 3.11. The number of rotatable bonds is 2. The van der Waals surface area contributed by atoms with Gasteiger partial charge in [-0.2, -0.15) is 0 Å². The molecule has 1 unspecified atom stereocenters. The first-order chi connectivity index (χ1) is 10.2. The maximum atomic E-state index is 6.00. The topological polar surface area (TPSA) is 26.0 Å². The Bertz CT molecular complexity index is 820. The van der Waals surface area contributed by atoms with Crippen LogP contribution in [0.5, 0.6) is 0 Å². The lowest BCUT2D eigenvalue weighted by Crippen LogP contribution is -1.83. The lowest BCUT2D eigenvalue weighted by molar-refractivity contribution is 0.508. The van der Waals surface area contributed by atoms with Crippen LogP contribution in [0.4, 0.5) is 0 Å². The van der Waals surface area contributed by atoms with Gasteiger partial charge in [-0.15, -0.1) is 11.6 Å². The Morgan fingerprint density at radius 3 is 2.71 bits per heavy atom. The van der Waals surface area contributed by atoms with E-state index in [1.807, 2.05) is 6.92 Å². The summed E-state index contributed by atoms with van der Waals surface area (Å²) < 4.78 is 5.72. The van der Waals surface area contributed by atoms with Crippen molar-refractivity contribution in [1.29, 1.82) is 0 Å². The minimum Gasteiger partial charge on any atom is -0.439 e. The summed E-state index contributed by atoms with van der Waals surface area (Å²) in [5.74, 6) is 1.34. The van der Waals surface area contributed by atoms with E-state index in [0.717, 1.165) is 17.7 Å². The third-order valence-electron chi connectivity index (χ3n) is 3.94. The van der Waals surface area contributed by atoms with Crippen molar-refractivity contribution >= 4 is 11.6 Å². The van der Waals surface area contributed by atoms with Crippen LogP contribution in [0.15, 0.2) is 53.1 Å². The zero-order valence-corrected chi connectivity index (χ0v) is 12.4. The first-order valence-electron chi connectivity index (χ1n) is 7.04. The minimum absolute atomic E-state index is 0.211. The molecule has 0 saturated carbocycles. The predicted molar refractivity (Wildman–Crippen MR) is 84.4 cm³/mol. The Labute approximate surface area is 128 Å². The van der Waals surface area contributed by atoms with Crippen LogP contribution in [-0.4, -0.2) is 4.98 Å². The average molecular weight is 296 g/mol. The molecule has 0 N–H and O–H groups in total. The number of benzene rings is 2. The third kappa shape index (κ3) is 2.07. The molecule has 1 aliphatic carbocycles. The number of alkyl halides is 1. The smallest absolute Gasteiger partial charge is 0.212 e. The van der Waals surface area contributed by atoms with Gasteiger partial charge in [0.15, 0.2) is 5.76 Å². The number of aromatic nitrogens is 1. The van der Waals surface area contributed by atoms with Crippen LogP contribution < -0.4 is 0 Å². The van der Waals surface area contributed by atoms with E-state index in [0.29, 0.717) is 5.89 Å². The Kier molecular flexibility index (Phi) is 2.86. The highest BCUT2D eigenvalue weighted by atomic mass is 35.5. The molecule has 1 heterocycles. The molecule has 0 radical (unpaired) electrons. The number of fused-ring (bicyclic) bond motifs is 3. The van der Waals surface area contributed by atoms with Crippen molar-refractivity contribution in [3.05, 3.63) is 65.7 Å². The molecule has 0 spiro atoms. The van der Waals surface area contributed by atoms with Gasteiger partial charge in [0.1, 0.15) is 5.38 Å². The summed E-state index contributed by atoms with van der Waals surface area (Å²) in [5, 5.41) is -0.211. The lowest BCUT2D eigenvalue weighted by atomic mass is 10.0. The van der Waals surface area contributed by atoms with Crippen LogP contribution in [-0.2, 0) is 6.42 Å². The van der Waals surface area contributed by atoms with E-state index in [4.69, 9.17) is 16.0 Å². The Balaban J connectivity index is 1.76. The van der Waals surface area contributed by atoms with Gasteiger partial charge in [0, 0.05) is 5.56 Å². The molecule has 3 aromatic rings. The highest BCUT2D eigenvalue weighted by Gasteiger charge is 2.19. The largest absolute Gasteiger partial charge is 0.439 e. The zero-order chi connectivity index (χ0) is 14.4. The van der Waals surface area contributed by atoms with E-state index in [-0.39, 0.29) is 5.38 Å². The SMILES string of the molecule is CC(Cl)c1ncc(-c2ccc3c(c2)Cc2ccccc2-3)o1. The van der Waals surface area contributed by atoms with Crippen LogP contribution in [0.25, 0.3) is 22.5 Å². The molecule has 1 aliphatic rings. The molecule has 0 fully saturated rings. The Morgan fingerprint density at radius 1 is 1.10 bits per heavy atom. The van der Waals surface area contributed by atoms with Crippen LogP contribution >= 0.6 is 11.6 Å². The van der Waals surface area contributed by atoms with Gasteiger partial charge in [-0.1, -0.05) is 36.4 Å². The second-order valence-corrected chi connectivity index (χ2v) is 6.04. The molecule has 104 valence electrons. The van der Waals surface area contributed by atoms with E-state index in [1.165, 1.54) is 22.3 Å². The van der Waals surface area contributed by atoms with Crippen molar-refractivity contribution < 1.29 is 4.42 Å². The summed E-state index contributed by atoms with van der Waals surface area (Å²) in [4.78, 5) is 4.23. The van der Waals surface area contributed by atoms with Crippen LogP contribution in [0.2, 0.25) is 0 Å². The molecule has 2 nitrogen and oxygen atoms in total. The molecule has 3 heteroatoms. The summed E-state index contributed by atoms with van der Waals surface area (Å²) >= 11 is 6.00. The standard InChI is InChI=1S/C18H14ClNO/c1-11(19)18-20-10-17(21-18)13-6-7-16-14(9-13)8-12-4-2-3-5-15(12)16/h2-7,9-11H,8H2,1H3. The van der Waals surface area contributed by atoms with E-state index < -0.39 is 0 Å². The van der Waals surface area contributed by atoms with Gasteiger partial charge < -0.3 is 4.42 Å².